The van der Waals surface area contributed by atoms with Gasteiger partial charge in [-0.2, -0.15) is 5.26 Å². The Labute approximate surface area is 118 Å². The van der Waals surface area contributed by atoms with E-state index in [2.05, 4.69) is 16.4 Å². The Morgan fingerprint density at radius 2 is 2.55 bits per heavy atom. The van der Waals surface area contributed by atoms with E-state index >= 15 is 0 Å². The summed E-state index contributed by atoms with van der Waals surface area (Å²) in [6.07, 6.45) is 1.60. The molecule has 0 aliphatic carbocycles. The highest BCUT2D eigenvalue weighted by Crippen LogP contribution is 2.13. The lowest BCUT2D eigenvalue weighted by Crippen LogP contribution is -2.54. The van der Waals surface area contributed by atoms with Gasteiger partial charge in [0, 0.05) is 37.9 Å². The average molecular weight is 274 g/mol. The van der Waals surface area contributed by atoms with E-state index in [0.717, 1.165) is 18.7 Å². The van der Waals surface area contributed by atoms with Crippen molar-refractivity contribution in [3.05, 3.63) is 29.6 Å². The van der Waals surface area contributed by atoms with Crippen LogP contribution in [0.15, 0.2) is 18.3 Å². The van der Waals surface area contributed by atoms with Gasteiger partial charge in [-0.15, -0.1) is 0 Å². The van der Waals surface area contributed by atoms with Gasteiger partial charge in [0.25, 0.3) is 0 Å². The molecule has 1 aliphatic heterocycles. The zero-order chi connectivity index (χ0) is 14.4. The van der Waals surface area contributed by atoms with E-state index in [1.807, 2.05) is 11.0 Å². The second kappa shape index (κ2) is 6.98. The number of rotatable bonds is 4. The summed E-state index contributed by atoms with van der Waals surface area (Å²) in [5, 5.41) is 12.3. The van der Waals surface area contributed by atoms with Gasteiger partial charge in [0.05, 0.1) is 6.61 Å². The van der Waals surface area contributed by atoms with Crippen LogP contribution in [0.1, 0.15) is 18.2 Å². The van der Waals surface area contributed by atoms with E-state index in [1.54, 1.807) is 19.2 Å². The van der Waals surface area contributed by atoms with Gasteiger partial charge in [0.2, 0.25) is 0 Å². The summed E-state index contributed by atoms with van der Waals surface area (Å²) in [5.41, 5.74) is 1.25. The number of carbonyl (C=O) groups is 1. The van der Waals surface area contributed by atoms with Crippen LogP contribution in [-0.4, -0.2) is 48.1 Å². The topological polar surface area (TPSA) is 78.2 Å². The summed E-state index contributed by atoms with van der Waals surface area (Å²) in [4.78, 5) is 18.1. The minimum atomic E-state index is -0.310. The molecule has 1 aromatic heterocycles. The fraction of sp³-hybridized carbons (Fsp3) is 0.500. The van der Waals surface area contributed by atoms with E-state index in [1.165, 1.54) is 0 Å². The number of nitriles is 1. The van der Waals surface area contributed by atoms with Crippen molar-refractivity contribution in [2.45, 2.75) is 19.5 Å². The van der Waals surface area contributed by atoms with Crippen LogP contribution in [0, 0.1) is 11.3 Å². The first-order valence-electron chi connectivity index (χ1n) is 6.71. The molecule has 1 N–H and O–H groups in total. The molecule has 2 heterocycles. The van der Waals surface area contributed by atoms with Crippen LogP contribution < -0.4 is 5.32 Å². The number of ether oxygens (including phenoxy) is 1. The molecule has 0 spiro atoms. The van der Waals surface area contributed by atoms with Crippen molar-refractivity contribution in [2.75, 3.05) is 26.2 Å². The molecule has 6 nitrogen and oxygen atoms in total. The molecule has 0 aromatic carbocycles. The third-order valence-corrected chi connectivity index (χ3v) is 3.28. The molecule has 0 radical (unpaired) electrons. The molecule has 0 bridgehead atoms. The number of esters is 1. The lowest BCUT2D eigenvalue weighted by atomic mass is 10.1. The third-order valence-electron chi connectivity index (χ3n) is 3.28. The first-order valence-corrected chi connectivity index (χ1v) is 6.71. The Bertz CT molecular complexity index is 512. The zero-order valence-corrected chi connectivity index (χ0v) is 11.5. The zero-order valence-electron chi connectivity index (χ0n) is 11.5. The summed E-state index contributed by atoms with van der Waals surface area (Å²) < 4.78 is 5.10. The van der Waals surface area contributed by atoms with Crippen LogP contribution in [0.2, 0.25) is 0 Å². The van der Waals surface area contributed by atoms with Crippen molar-refractivity contribution in [2.24, 2.45) is 0 Å². The van der Waals surface area contributed by atoms with Gasteiger partial charge in [-0.05, 0) is 13.0 Å². The minimum absolute atomic E-state index is 0.220. The van der Waals surface area contributed by atoms with Gasteiger partial charge in [-0.25, -0.2) is 4.98 Å². The van der Waals surface area contributed by atoms with Gasteiger partial charge in [0.15, 0.2) is 0 Å². The first kappa shape index (κ1) is 14.4. The third kappa shape index (κ3) is 3.32. The maximum Gasteiger partial charge on any atom is 0.324 e. The minimum Gasteiger partial charge on any atom is -0.465 e. The van der Waals surface area contributed by atoms with E-state index in [9.17, 15) is 4.79 Å². The quantitative estimate of drug-likeness (QED) is 0.795. The van der Waals surface area contributed by atoms with Crippen molar-refractivity contribution < 1.29 is 9.53 Å². The van der Waals surface area contributed by atoms with Crippen LogP contribution in [0.4, 0.5) is 0 Å². The number of nitrogens with one attached hydrogen (secondary N) is 1. The standard InChI is InChI=1S/C14H18N4O2/c1-2-20-14(19)13-9-16-6-7-18(13)10-11-4-3-5-17-12(11)8-15/h3-5,13,16H,2,6-7,9-10H2,1H3. The van der Waals surface area contributed by atoms with Gasteiger partial charge in [-0.1, -0.05) is 6.07 Å². The van der Waals surface area contributed by atoms with Crippen molar-refractivity contribution in [1.29, 1.82) is 5.26 Å². The fourth-order valence-corrected chi connectivity index (χ4v) is 2.29. The highest BCUT2D eigenvalue weighted by molar-refractivity contribution is 5.76. The van der Waals surface area contributed by atoms with E-state index in [-0.39, 0.29) is 12.0 Å². The molecule has 1 aliphatic rings. The SMILES string of the molecule is CCOC(=O)C1CNCCN1Cc1cccnc1C#N. The number of hydrogen-bond acceptors (Lipinski definition) is 6. The Hall–Kier alpha value is -1.97. The largest absolute Gasteiger partial charge is 0.465 e. The van der Waals surface area contributed by atoms with Crippen LogP contribution in [0.5, 0.6) is 0 Å². The molecule has 1 unspecified atom stereocenters. The lowest BCUT2D eigenvalue weighted by Gasteiger charge is -2.34. The molecule has 6 heteroatoms. The predicted octanol–water partition coefficient (Wildman–Crippen LogP) is 0.290. The molecular formula is C14H18N4O2. The molecule has 1 aromatic rings. The Morgan fingerprint density at radius 3 is 3.30 bits per heavy atom. The van der Waals surface area contributed by atoms with Crippen LogP contribution in [0.25, 0.3) is 0 Å². The average Bonchev–Trinajstić information content (AvgIpc) is 2.48. The van der Waals surface area contributed by atoms with E-state index in [0.29, 0.717) is 25.4 Å². The van der Waals surface area contributed by atoms with Crippen LogP contribution >= 0.6 is 0 Å². The summed E-state index contributed by atoms with van der Waals surface area (Å²) in [5.74, 6) is -0.220. The maximum absolute atomic E-state index is 12.0. The summed E-state index contributed by atoms with van der Waals surface area (Å²) >= 11 is 0. The fourth-order valence-electron chi connectivity index (χ4n) is 2.29. The van der Waals surface area contributed by atoms with E-state index in [4.69, 9.17) is 10.00 Å². The Balaban J connectivity index is 2.13. The van der Waals surface area contributed by atoms with Crippen molar-refractivity contribution in [1.82, 2.24) is 15.2 Å². The molecular weight excluding hydrogens is 256 g/mol. The molecule has 1 atom stereocenters. The van der Waals surface area contributed by atoms with E-state index < -0.39 is 0 Å². The molecule has 0 saturated carbocycles. The number of carbonyl (C=O) groups excluding carboxylic acids is 1. The predicted molar refractivity (Wildman–Crippen MR) is 72.7 cm³/mol. The van der Waals surface area contributed by atoms with Gasteiger partial charge in [0.1, 0.15) is 17.8 Å². The highest BCUT2D eigenvalue weighted by atomic mass is 16.5. The van der Waals surface area contributed by atoms with Crippen LogP contribution in [0.3, 0.4) is 0 Å². The van der Waals surface area contributed by atoms with Gasteiger partial charge in [-0.3, -0.25) is 9.69 Å². The normalized spacial score (nSPS) is 19.3. The van der Waals surface area contributed by atoms with Crippen molar-refractivity contribution >= 4 is 5.97 Å². The second-order valence-electron chi connectivity index (χ2n) is 4.57. The number of nitrogens with zero attached hydrogens (tertiary/aromatic N) is 3. The summed E-state index contributed by atoms with van der Waals surface area (Å²) in [6.45, 7) is 4.83. The van der Waals surface area contributed by atoms with Crippen LogP contribution in [-0.2, 0) is 16.1 Å². The number of hydrogen-bond donors (Lipinski definition) is 1. The summed E-state index contributed by atoms with van der Waals surface area (Å²) in [7, 11) is 0. The lowest BCUT2D eigenvalue weighted by molar-refractivity contribution is -0.150. The molecule has 106 valence electrons. The smallest absolute Gasteiger partial charge is 0.324 e. The Kier molecular flexibility index (Phi) is 5.04. The van der Waals surface area contributed by atoms with Crippen molar-refractivity contribution in [3.63, 3.8) is 0 Å². The van der Waals surface area contributed by atoms with Gasteiger partial charge >= 0.3 is 5.97 Å². The number of piperazine rings is 1. The molecule has 1 fully saturated rings. The van der Waals surface area contributed by atoms with Crippen molar-refractivity contribution in [3.8, 4) is 6.07 Å². The molecule has 20 heavy (non-hydrogen) atoms. The summed E-state index contributed by atoms with van der Waals surface area (Å²) in [6, 6.07) is 5.45. The Morgan fingerprint density at radius 1 is 1.70 bits per heavy atom. The highest BCUT2D eigenvalue weighted by Gasteiger charge is 2.30. The van der Waals surface area contributed by atoms with Gasteiger partial charge < -0.3 is 10.1 Å². The molecule has 1 saturated heterocycles. The first-order chi connectivity index (χ1) is 9.76. The number of pyridine rings is 1. The maximum atomic E-state index is 12.0. The monoisotopic (exact) mass is 274 g/mol. The molecule has 0 amide bonds. The molecule has 2 rings (SSSR count). The number of aromatic nitrogens is 1. The second-order valence-corrected chi connectivity index (χ2v) is 4.57.